The van der Waals surface area contributed by atoms with Crippen LogP contribution in [0, 0.1) is 5.82 Å². The molecule has 2 aromatic rings. The van der Waals surface area contributed by atoms with Gasteiger partial charge in [-0.3, -0.25) is 4.79 Å². The zero-order valence-electron chi connectivity index (χ0n) is 13.8. The lowest BCUT2D eigenvalue weighted by Crippen LogP contribution is -2.34. The highest BCUT2D eigenvalue weighted by Gasteiger charge is 2.13. The van der Waals surface area contributed by atoms with Crippen LogP contribution in [-0.4, -0.2) is 23.9 Å². The van der Waals surface area contributed by atoms with Crippen molar-refractivity contribution in [2.24, 2.45) is 0 Å². The maximum atomic E-state index is 13.0. The van der Waals surface area contributed by atoms with Crippen molar-refractivity contribution < 1.29 is 9.18 Å². The highest BCUT2D eigenvalue weighted by Crippen LogP contribution is 2.31. The second kappa shape index (κ2) is 8.54. The van der Waals surface area contributed by atoms with E-state index in [0.29, 0.717) is 5.02 Å². The van der Waals surface area contributed by atoms with Crippen LogP contribution in [0.3, 0.4) is 0 Å². The predicted octanol–water partition coefficient (Wildman–Crippen LogP) is 5.66. The third-order valence-electron chi connectivity index (χ3n) is 4.09. The molecule has 130 valence electrons. The van der Waals surface area contributed by atoms with Crippen LogP contribution < -0.4 is 0 Å². The monoisotopic (exact) mass is 375 g/mol. The van der Waals surface area contributed by atoms with Crippen molar-refractivity contribution in [3.05, 3.63) is 64.9 Å². The zero-order chi connectivity index (χ0) is 17.6. The van der Waals surface area contributed by atoms with Gasteiger partial charge in [-0.05, 0) is 67.3 Å². The Labute approximate surface area is 156 Å². The van der Waals surface area contributed by atoms with Crippen LogP contribution in [0.15, 0.2) is 58.3 Å². The molecule has 0 aromatic heterocycles. The Morgan fingerprint density at radius 3 is 2.40 bits per heavy atom. The summed E-state index contributed by atoms with van der Waals surface area (Å²) in [6, 6.07) is 12.1. The van der Waals surface area contributed by atoms with Gasteiger partial charge in [-0.2, -0.15) is 0 Å². The number of hydrogen-bond donors (Lipinski definition) is 0. The molecule has 3 rings (SSSR count). The molecule has 0 radical (unpaired) electrons. The van der Waals surface area contributed by atoms with Crippen molar-refractivity contribution in [1.29, 1.82) is 0 Å². The Hall–Kier alpha value is -1.78. The van der Waals surface area contributed by atoms with Crippen molar-refractivity contribution in [3.63, 3.8) is 0 Å². The van der Waals surface area contributed by atoms with Gasteiger partial charge in [0.25, 0.3) is 0 Å². The van der Waals surface area contributed by atoms with E-state index in [9.17, 15) is 9.18 Å². The molecule has 0 atom stereocenters. The molecule has 2 nitrogen and oxygen atoms in total. The van der Waals surface area contributed by atoms with Gasteiger partial charge >= 0.3 is 0 Å². The summed E-state index contributed by atoms with van der Waals surface area (Å²) in [5, 5.41) is 0.592. The lowest BCUT2D eigenvalue weighted by Gasteiger charge is -2.25. The molecule has 1 aliphatic rings. The second-order valence-electron chi connectivity index (χ2n) is 5.96. The number of carbonyl (C=O) groups is 1. The first-order valence-corrected chi connectivity index (χ1v) is 9.51. The molecule has 5 heteroatoms. The van der Waals surface area contributed by atoms with E-state index in [4.69, 9.17) is 11.6 Å². The lowest BCUT2D eigenvalue weighted by atomic mass is 10.1. The number of carbonyl (C=O) groups excluding carboxylic acids is 1. The first-order chi connectivity index (χ1) is 12.1. The second-order valence-corrected chi connectivity index (χ2v) is 7.51. The van der Waals surface area contributed by atoms with Gasteiger partial charge in [-0.15, -0.1) is 0 Å². The van der Waals surface area contributed by atoms with Crippen molar-refractivity contribution in [3.8, 4) is 0 Å². The summed E-state index contributed by atoms with van der Waals surface area (Å²) in [6.07, 6.45) is 6.72. The van der Waals surface area contributed by atoms with Gasteiger partial charge in [-0.25, -0.2) is 4.39 Å². The van der Waals surface area contributed by atoms with Crippen molar-refractivity contribution >= 4 is 35.3 Å². The number of halogens is 2. The van der Waals surface area contributed by atoms with Crippen LogP contribution >= 0.6 is 23.4 Å². The minimum Gasteiger partial charge on any atom is -0.339 e. The highest BCUT2D eigenvalue weighted by atomic mass is 35.5. The van der Waals surface area contributed by atoms with Gasteiger partial charge in [0, 0.05) is 34.0 Å². The third kappa shape index (κ3) is 5.10. The zero-order valence-corrected chi connectivity index (χ0v) is 15.3. The van der Waals surface area contributed by atoms with Crippen LogP contribution in [0.2, 0.25) is 5.02 Å². The van der Waals surface area contributed by atoms with E-state index >= 15 is 0 Å². The van der Waals surface area contributed by atoms with E-state index in [-0.39, 0.29) is 11.7 Å². The molecule has 1 aliphatic heterocycles. The number of benzene rings is 2. The smallest absolute Gasteiger partial charge is 0.246 e. The molecule has 0 aliphatic carbocycles. The maximum absolute atomic E-state index is 13.0. The molecule has 1 amide bonds. The fraction of sp³-hybridized carbons (Fsp3) is 0.250. The predicted molar refractivity (Wildman–Crippen MR) is 101 cm³/mol. The summed E-state index contributed by atoms with van der Waals surface area (Å²) in [4.78, 5) is 16.0. The summed E-state index contributed by atoms with van der Waals surface area (Å²) in [5.74, 6) is -0.207. The van der Waals surface area contributed by atoms with Gasteiger partial charge in [-0.1, -0.05) is 29.4 Å². The van der Waals surface area contributed by atoms with Crippen LogP contribution in [-0.2, 0) is 4.79 Å². The van der Waals surface area contributed by atoms with Gasteiger partial charge < -0.3 is 4.90 Å². The normalized spacial score (nSPS) is 14.9. The quantitative estimate of drug-likeness (QED) is 0.643. The minimum atomic E-state index is -0.249. The molecule has 1 fully saturated rings. The topological polar surface area (TPSA) is 20.3 Å². The first kappa shape index (κ1) is 18.0. The van der Waals surface area contributed by atoms with E-state index in [2.05, 4.69) is 0 Å². The Bertz CT molecular complexity index is 770. The van der Waals surface area contributed by atoms with Crippen molar-refractivity contribution in [2.45, 2.75) is 29.1 Å². The van der Waals surface area contributed by atoms with Gasteiger partial charge in [0.15, 0.2) is 0 Å². The van der Waals surface area contributed by atoms with Crippen molar-refractivity contribution in [1.82, 2.24) is 4.90 Å². The van der Waals surface area contributed by atoms with E-state index in [1.165, 1.54) is 30.3 Å². The third-order valence-corrected chi connectivity index (χ3v) is 5.42. The molecule has 0 N–H and O–H groups in total. The van der Waals surface area contributed by atoms with Crippen LogP contribution in [0.25, 0.3) is 6.08 Å². The van der Waals surface area contributed by atoms with Crippen molar-refractivity contribution in [2.75, 3.05) is 13.1 Å². The first-order valence-electron chi connectivity index (χ1n) is 8.32. The number of rotatable bonds is 4. The highest BCUT2D eigenvalue weighted by molar-refractivity contribution is 7.99. The number of amides is 1. The lowest BCUT2D eigenvalue weighted by molar-refractivity contribution is -0.126. The maximum Gasteiger partial charge on any atom is 0.246 e. The molecular weight excluding hydrogens is 357 g/mol. The number of hydrogen-bond acceptors (Lipinski definition) is 2. The molecule has 1 saturated heterocycles. The van der Waals surface area contributed by atoms with Gasteiger partial charge in [0.05, 0.1) is 0 Å². The van der Waals surface area contributed by atoms with Crippen LogP contribution in [0.1, 0.15) is 24.8 Å². The fourth-order valence-electron chi connectivity index (χ4n) is 2.73. The Morgan fingerprint density at radius 1 is 1.04 bits per heavy atom. The number of nitrogens with zero attached hydrogens (tertiary/aromatic N) is 1. The average molecular weight is 376 g/mol. The largest absolute Gasteiger partial charge is 0.339 e. The van der Waals surface area contributed by atoms with Crippen LogP contribution in [0.5, 0.6) is 0 Å². The molecule has 0 spiro atoms. The summed E-state index contributed by atoms with van der Waals surface area (Å²) in [7, 11) is 0. The molecule has 25 heavy (non-hydrogen) atoms. The number of piperidine rings is 1. The fourth-order valence-corrected chi connectivity index (χ4v) is 3.89. The average Bonchev–Trinajstić information content (AvgIpc) is 2.63. The molecular formula is C20H19ClFNOS. The summed E-state index contributed by atoms with van der Waals surface area (Å²) >= 11 is 7.86. The molecule has 0 saturated carbocycles. The Kier molecular flexibility index (Phi) is 6.16. The molecule has 0 bridgehead atoms. The molecule has 2 aromatic carbocycles. The summed E-state index contributed by atoms with van der Waals surface area (Å²) in [6.45, 7) is 1.67. The molecule has 1 heterocycles. The van der Waals surface area contributed by atoms with E-state index in [1.807, 2.05) is 23.1 Å². The van der Waals surface area contributed by atoms with Gasteiger partial charge in [0.2, 0.25) is 5.91 Å². The number of likely N-dealkylation sites (tertiary alicyclic amines) is 1. The summed E-state index contributed by atoms with van der Waals surface area (Å²) < 4.78 is 13.0. The standard InChI is InChI=1S/C20H19ClFNOS/c21-19-14-18(25-17-9-6-16(22)7-10-17)8-4-15(19)5-11-20(24)23-12-2-1-3-13-23/h4-11,14H,1-3,12-13H2. The van der Waals surface area contributed by atoms with E-state index in [0.717, 1.165) is 41.3 Å². The van der Waals surface area contributed by atoms with Crippen LogP contribution in [0.4, 0.5) is 4.39 Å². The minimum absolute atomic E-state index is 0.0422. The summed E-state index contributed by atoms with van der Waals surface area (Å²) in [5.41, 5.74) is 0.815. The van der Waals surface area contributed by atoms with E-state index in [1.54, 1.807) is 24.3 Å². The Balaban J connectivity index is 1.65. The Morgan fingerprint density at radius 2 is 1.72 bits per heavy atom. The van der Waals surface area contributed by atoms with Gasteiger partial charge in [0.1, 0.15) is 5.82 Å². The van der Waals surface area contributed by atoms with E-state index < -0.39 is 0 Å². The molecule has 0 unspecified atom stereocenters. The SMILES string of the molecule is O=C(C=Cc1ccc(Sc2ccc(F)cc2)cc1Cl)N1CCCCC1.